The van der Waals surface area contributed by atoms with E-state index in [1.54, 1.807) is 6.08 Å². The summed E-state index contributed by atoms with van der Waals surface area (Å²) in [6, 6.07) is 5.86. The second-order valence-corrected chi connectivity index (χ2v) is 5.95. The van der Waals surface area contributed by atoms with E-state index in [4.69, 9.17) is 9.84 Å². The van der Waals surface area contributed by atoms with Gasteiger partial charge in [-0.25, -0.2) is 4.79 Å². The Hall–Kier alpha value is -1.33. The first-order valence-corrected chi connectivity index (χ1v) is 7.36. The maximum atomic E-state index is 10.7. The standard InChI is InChI=1S/C15H18BrNO3/c1-10-8-17(9-11(2)20-10)14-7-13(16)5-3-12(14)4-6-15(18)19/h3-7,10-11H,8-9H2,1-2H3,(H,18,19)/b6-4+/t10-,11+. The third-order valence-electron chi connectivity index (χ3n) is 3.16. The molecule has 0 saturated carbocycles. The van der Waals surface area contributed by atoms with Crippen molar-refractivity contribution in [2.75, 3.05) is 18.0 Å². The molecule has 1 N–H and O–H groups in total. The highest BCUT2D eigenvalue weighted by molar-refractivity contribution is 9.10. The third kappa shape index (κ3) is 3.84. The average Bonchev–Trinajstić information content (AvgIpc) is 2.36. The van der Waals surface area contributed by atoms with Crippen molar-refractivity contribution in [2.45, 2.75) is 26.1 Å². The van der Waals surface area contributed by atoms with Crippen LogP contribution in [0.3, 0.4) is 0 Å². The molecule has 1 aromatic rings. The number of carboxylic acid groups (broad SMARTS) is 1. The number of anilines is 1. The summed E-state index contributed by atoms with van der Waals surface area (Å²) in [5.41, 5.74) is 1.93. The third-order valence-corrected chi connectivity index (χ3v) is 3.65. The average molecular weight is 340 g/mol. The van der Waals surface area contributed by atoms with Crippen molar-refractivity contribution in [3.05, 3.63) is 34.3 Å². The van der Waals surface area contributed by atoms with E-state index in [1.165, 1.54) is 6.08 Å². The summed E-state index contributed by atoms with van der Waals surface area (Å²) in [6.07, 6.45) is 3.12. The zero-order valence-corrected chi connectivity index (χ0v) is 13.1. The van der Waals surface area contributed by atoms with Gasteiger partial charge in [-0.3, -0.25) is 0 Å². The Bertz CT molecular complexity index is 520. The molecule has 108 valence electrons. The van der Waals surface area contributed by atoms with Crippen molar-refractivity contribution < 1.29 is 14.6 Å². The van der Waals surface area contributed by atoms with Gasteiger partial charge in [0.15, 0.2) is 0 Å². The van der Waals surface area contributed by atoms with E-state index in [0.29, 0.717) is 0 Å². The predicted molar refractivity (Wildman–Crippen MR) is 83.0 cm³/mol. The number of carbonyl (C=O) groups is 1. The monoisotopic (exact) mass is 339 g/mol. The highest BCUT2D eigenvalue weighted by Crippen LogP contribution is 2.29. The van der Waals surface area contributed by atoms with Crippen molar-refractivity contribution in [2.24, 2.45) is 0 Å². The van der Waals surface area contributed by atoms with Gasteiger partial charge in [0.25, 0.3) is 0 Å². The van der Waals surface area contributed by atoms with Crippen LogP contribution in [-0.4, -0.2) is 36.4 Å². The van der Waals surface area contributed by atoms with Gasteiger partial charge in [-0.15, -0.1) is 0 Å². The van der Waals surface area contributed by atoms with Crippen LogP contribution in [0, 0.1) is 0 Å². The van der Waals surface area contributed by atoms with Gasteiger partial charge >= 0.3 is 5.97 Å². The minimum Gasteiger partial charge on any atom is -0.478 e. The minimum atomic E-state index is -0.942. The number of carboxylic acids is 1. The van der Waals surface area contributed by atoms with Gasteiger partial charge in [-0.1, -0.05) is 22.0 Å². The molecule has 1 aliphatic heterocycles. The van der Waals surface area contributed by atoms with Crippen LogP contribution in [0.2, 0.25) is 0 Å². The molecule has 1 fully saturated rings. The number of ether oxygens (including phenoxy) is 1. The summed E-state index contributed by atoms with van der Waals surface area (Å²) in [5, 5.41) is 8.79. The van der Waals surface area contributed by atoms with Gasteiger partial charge in [0.1, 0.15) is 0 Å². The van der Waals surface area contributed by atoms with E-state index in [9.17, 15) is 4.79 Å². The molecule has 0 aliphatic carbocycles. The topological polar surface area (TPSA) is 49.8 Å². The zero-order valence-electron chi connectivity index (χ0n) is 11.5. The maximum absolute atomic E-state index is 10.7. The van der Waals surface area contributed by atoms with Crippen LogP contribution >= 0.6 is 15.9 Å². The van der Waals surface area contributed by atoms with E-state index in [-0.39, 0.29) is 12.2 Å². The summed E-state index contributed by atoms with van der Waals surface area (Å²) in [6.45, 7) is 5.70. The fourth-order valence-corrected chi connectivity index (χ4v) is 2.82. The molecule has 2 rings (SSSR count). The van der Waals surface area contributed by atoms with E-state index in [0.717, 1.165) is 28.8 Å². The minimum absolute atomic E-state index is 0.161. The lowest BCUT2D eigenvalue weighted by Gasteiger charge is -2.37. The molecule has 1 heterocycles. The molecule has 0 spiro atoms. The predicted octanol–water partition coefficient (Wildman–Crippen LogP) is 3.16. The summed E-state index contributed by atoms with van der Waals surface area (Å²) in [4.78, 5) is 12.9. The molecular formula is C15H18BrNO3. The molecule has 0 aromatic heterocycles. The first kappa shape index (κ1) is 15.1. The SMILES string of the molecule is C[C@@H]1CN(c2cc(Br)ccc2/C=C/C(=O)O)C[C@H](C)O1. The van der Waals surface area contributed by atoms with E-state index < -0.39 is 5.97 Å². The molecule has 20 heavy (non-hydrogen) atoms. The molecular weight excluding hydrogens is 322 g/mol. The van der Waals surface area contributed by atoms with Crippen LogP contribution in [0.5, 0.6) is 0 Å². The number of nitrogens with zero attached hydrogens (tertiary/aromatic N) is 1. The van der Waals surface area contributed by atoms with Crippen LogP contribution in [-0.2, 0) is 9.53 Å². The van der Waals surface area contributed by atoms with E-state index >= 15 is 0 Å². The van der Waals surface area contributed by atoms with Crippen LogP contribution in [0.1, 0.15) is 19.4 Å². The molecule has 1 aromatic carbocycles. The highest BCUT2D eigenvalue weighted by atomic mass is 79.9. The summed E-state index contributed by atoms with van der Waals surface area (Å²) >= 11 is 3.47. The van der Waals surface area contributed by atoms with Gasteiger partial charge < -0.3 is 14.7 Å². The fourth-order valence-electron chi connectivity index (χ4n) is 2.47. The van der Waals surface area contributed by atoms with Crippen molar-refractivity contribution in [3.63, 3.8) is 0 Å². The quantitative estimate of drug-likeness (QED) is 0.859. The van der Waals surface area contributed by atoms with Crippen LogP contribution in [0.15, 0.2) is 28.7 Å². The second-order valence-electron chi connectivity index (χ2n) is 5.04. The fraction of sp³-hybridized carbons (Fsp3) is 0.400. The number of morpholine rings is 1. The van der Waals surface area contributed by atoms with Crippen LogP contribution in [0.25, 0.3) is 6.08 Å². The van der Waals surface area contributed by atoms with Gasteiger partial charge in [0.05, 0.1) is 12.2 Å². The normalized spacial score (nSPS) is 23.2. The summed E-state index contributed by atoms with van der Waals surface area (Å²) in [7, 11) is 0. The molecule has 1 aliphatic rings. The molecule has 0 unspecified atom stereocenters. The lowest BCUT2D eigenvalue weighted by Crippen LogP contribution is -2.45. The van der Waals surface area contributed by atoms with E-state index in [2.05, 4.69) is 20.8 Å². The van der Waals surface area contributed by atoms with Crippen LogP contribution < -0.4 is 4.90 Å². The van der Waals surface area contributed by atoms with Gasteiger partial charge in [0, 0.05) is 29.3 Å². The molecule has 1 saturated heterocycles. The molecule has 5 heteroatoms. The number of benzene rings is 1. The Balaban J connectivity index is 2.33. The Morgan fingerprint density at radius 3 is 2.65 bits per heavy atom. The van der Waals surface area contributed by atoms with Crippen LogP contribution in [0.4, 0.5) is 5.69 Å². The number of rotatable bonds is 3. The van der Waals surface area contributed by atoms with Gasteiger partial charge in [-0.2, -0.15) is 0 Å². The van der Waals surface area contributed by atoms with Crippen molar-refractivity contribution in [1.29, 1.82) is 0 Å². The molecule has 4 nitrogen and oxygen atoms in total. The second kappa shape index (κ2) is 6.41. The summed E-state index contributed by atoms with van der Waals surface area (Å²) < 4.78 is 6.72. The number of hydrogen-bond acceptors (Lipinski definition) is 3. The highest BCUT2D eigenvalue weighted by Gasteiger charge is 2.23. The van der Waals surface area contributed by atoms with E-state index in [1.807, 2.05) is 32.0 Å². The summed E-state index contributed by atoms with van der Waals surface area (Å²) in [5.74, 6) is -0.942. The molecule has 0 amide bonds. The Morgan fingerprint density at radius 2 is 2.05 bits per heavy atom. The van der Waals surface area contributed by atoms with Gasteiger partial charge in [0.2, 0.25) is 0 Å². The zero-order chi connectivity index (χ0) is 14.7. The Kier molecular flexibility index (Phi) is 4.83. The number of hydrogen-bond donors (Lipinski definition) is 1. The number of halogens is 1. The molecule has 2 atom stereocenters. The van der Waals surface area contributed by atoms with Crippen molar-refractivity contribution in [3.8, 4) is 0 Å². The first-order valence-electron chi connectivity index (χ1n) is 6.56. The smallest absolute Gasteiger partial charge is 0.328 e. The number of aliphatic carboxylic acids is 1. The lowest BCUT2D eigenvalue weighted by molar-refractivity contribution is -0.131. The lowest BCUT2D eigenvalue weighted by atomic mass is 10.1. The molecule has 0 bridgehead atoms. The maximum Gasteiger partial charge on any atom is 0.328 e. The first-order chi connectivity index (χ1) is 9.45. The largest absolute Gasteiger partial charge is 0.478 e. The Morgan fingerprint density at radius 1 is 1.40 bits per heavy atom. The molecule has 0 radical (unpaired) electrons. The Labute approximate surface area is 127 Å². The van der Waals surface area contributed by atoms with Crippen molar-refractivity contribution >= 4 is 33.7 Å². The van der Waals surface area contributed by atoms with Crippen molar-refractivity contribution in [1.82, 2.24) is 0 Å². The van der Waals surface area contributed by atoms with Gasteiger partial charge in [-0.05, 0) is 37.6 Å².